The second kappa shape index (κ2) is 7.37. The SMILES string of the molecule is COCCN1CC2(CCC1=O)CCN(C(=O)[C@@H]1C[C@@H](O)CN1)CC2. The molecule has 0 unspecified atom stereocenters. The van der Waals surface area contributed by atoms with Crippen LogP contribution in [-0.2, 0) is 14.3 Å². The van der Waals surface area contributed by atoms with E-state index in [-0.39, 0.29) is 23.3 Å². The van der Waals surface area contributed by atoms with E-state index in [2.05, 4.69) is 5.32 Å². The Labute approximate surface area is 143 Å². The Morgan fingerprint density at radius 2 is 2.12 bits per heavy atom. The van der Waals surface area contributed by atoms with Crippen LogP contribution in [0.4, 0.5) is 0 Å². The lowest BCUT2D eigenvalue weighted by Gasteiger charge is -2.47. The summed E-state index contributed by atoms with van der Waals surface area (Å²) in [4.78, 5) is 28.5. The molecular weight excluding hydrogens is 310 g/mol. The van der Waals surface area contributed by atoms with Crippen LogP contribution in [0.3, 0.4) is 0 Å². The number of hydrogen-bond acceptors (Lipinski definition) is 5. The Balaban J connectivity index is 1.54. The van der Waals surface area contributed by atoms with Gasteiger partial charge in [-0.05, 0) is 31.1 Å². The highest BCUT2D eigenvalue weighted by atomic mass is 16.5. The van der Waals surface area contributed by atoms with Crippen molar-refractivity contribution < 1.29 is 19.4 Å². The summed E-state index contributed by atoms with van der Waals surface area (Å²) >= 11 is 0. The number of rotatable bonds is 4. The molecule has 2 atom stereocenters. The fourth-order valence-electron chi connectivity index (χ4n) is 4.24. The monoisotopic (exact) mass is 339 g/mol. The molecule has 7 heteroatoms. The molecule has 0 aromatic heterocycles. The molecule has 3 fully saturated rings. The van der Waals surface area contributed by atoms with Gasteiger partial charge in [-0.15, -0.1) is 0 Å². The van der Waals surface area contributed by atoms with Gasteiger partial charge in [0, 0.05) is 46.3 Å². The first-order valence-electron chi connectivity index (χ1n) is 9.00. The second-order valence-corrected chi connectivity index (χ2v) is 7.48. The number of amides is 2. The normalized spacial score (nSPS) is 30.2. The van der Waals surface area contributed by atoms with E-state index in [1.165, 1.54) is 0 Å². The molecule has 0 bridgehead atoms. The van der Waals surface area contributed by atoms with Crippen LogP contribution in [0.15, 0.2) is 0 Å². The first-order valence-corrected chi connectivity index (χ1v) is 9.00. The smallest absolute Gasteiger partial charge is 0.239 e. The van der Waals surface area contributed by atoms with Crippen LogP contribution in [0.1, 0.15) is 32.1 Å². The van der Waals surface area contributed by atoms with Crippen LogP contribution in [0, 0.1) is 5.41 Å². The third-order valence-electron chi connectivity index (χ3n) is 5.86. The van der Waals surface area contributed by atoms with E-state index in [0.717, 1.165) is 38.9 Å². The minimum Gasteiger partial charge on any atom is -0.392 e. The van der Waals surface area contributed by atoms with Gasteiger partial charge >= 0.3 is 0 Å². The lowest BCUT2D eigenvalue weighted by Crippen LogP contribution is -2.54. The van der Waals surface area contributed by atoms with Crippen molar-refractivity contribution in [1.82, 2.24) is 15.1 Å². The molecule has 3 heterocycles. The van der Waals surface area contributed by atoms with Crippen LogP contribution in [0.25, 0.3) is 0 Å². The average molecular weight is 339 g/mol. The van der Waals surface area contributed by atoms with Gasteiger partial charge in [0.05, 0.1) is 18.8 Å². The lowest BCUT2D eigenvalue weighted by atomic mass is 9.72. The number of aliphatic hydroxyl groups excluding tert-OH is 1. The van der Waals surface area contributed by atoms with E-state index in [1.54, 1.807) is 7.11 Å². The maximum absolute atomic E-state index is 12.5. The van der Waals surface area contributed by atoms with Gasteiger partial charge in [0.2, 0.25) is 11.8 Å². The van der Waals surface area contributed by atoms with Crippen molar-refractivity contribution in [2.75, 3.05) is 46.4 Å². The van der Waals surface area contributed by atoms with Crippen LogP contribution in [0.5, 0.6) is 0 Å². The molecule has 136 valence electrons. The number of ether oxygens (including phenoxy) is 1. The predicted octanol–water partition coefficient (Wildman–Crippen LogP) is -0.413. The Bertz CT molecular complexity index is 476. The first-order chi connectivity index (χ1) is 11.5. The standard InChI is InChI=1S/C17H29N3O4/c1-24-9-8-20-12-17(3-2-15(20)22)4-6-19(7-5-17)16(23)14-10-13(21)11-18-14/h13-14,18,21H,2-12H2,1H3/t13-,14+/m1/s1. The first kappa shape index (κ1) is 17.6. The fourth-order valence-corrected chi connectivity index (χ4v) is 4.24. The Hall–Kier alpha value is -1.18. The summed E-state index contributed by atoms with van der Waals surface area (Å²) in [6.45, 7) is 4.02. The molecule has 3 rings (SSSR count). The van der Waals surface area contributed by atoms with E-state index in [1.807, 2.05) is 9.80 Å². The number of nitrogens with one attached hydrogen (secondary N) is 1. The fraction of sp³-hybridized carbons (Fsp3) is 0.882. The number of piperidine rings is 2. The maximum Gasteiger partial charge on any atom is 0.239 e. The molecule has 0 aromatic rings. The van der Waals surface area contributed by atoms with Gasteiger partial charge in [-0.1, -0.05) is 0 Å². The van der Waals surface area contributed by atoms with Crippen molar-refractivity contribution in [2.24, 2.45) is 5.41 Å². The van der Waals surface area contributed by atoms with Crippen molar-refractivity contribution >= 4 is 11.8 Å². The van der Waals surface area contributed by atoms with Crippen molar-refractivity contribution in [3.8, 4) is 0 Å². The minimum absolute atomic E-state index is 0.115. The molecule has 3 saturated heterocycles. The van der Waals surface area contributed by atoms with E-state index in [9.17, 15) is 14.7 Å². The lowest BCUT2D eigenvalue weighted by molar-refractivity contribution is -0.143. The summed E-state index contributed by atoms with van der Waals surface area (Å²) in [6.07, 6.45) is 3.54. The summed E-state index contributed by atoms with van der Waals surface area (Å²) < 4.78 is 5.11. The second-order valence-electron chi connectivity index (χ2n) is 7.48. The van der Waals surface area contributed by atoms with Crippen LogP contribution < -0.4 is 5.32 Å². The number of methoxy groups -OCH3 is 1. The number of aliphatic hydroxyl groups is 1. The number of likely N-dealkylation sites (tertiary alicyclic amines) is 2. The summed E-state index contributed by atoms with van der Waals surface area (Å²) in [6, 6.07) is -0.236. The summed E-state index contributed by atoms with van der Waals surface area (Å²) in [7, 11) is 1.66. The van der Waals surface area contributed by atoms with Crippen LogP contribution in [0.2, 0.25) is 0 Å². The zero-order chi connectivity index (χ0) is 17.2. The van der Waals surface area contributed by atoms with E-state index >= 15 is 0 Å². The van der Waals surface area contributed by atoms with Crippen molar-refractivity contribution in [3.63, 3.8) is 0 Å². The maximum atomic E-state index is 12.5. The van der Waals surface area contributed by atoms with Gasteiger partial charge in [-0.25, -0.2) is 0 Å². The average Bonchev–Trinajstić information content (AvgIpc) is 3.02. The zero-order valence-electron chi connectivity index (χ0n) is 14.5. The number of nitrogens with zero attached hydrogens (tertiary/aromatic N) is 2. The van der Waals surface area contributed by atoms with Gasteiger partial charge in [0.15, 0.2) is 0 Å². The number of hydrogen-bond donors (Lipinski definition) is 2. The highest BCUT2D eigenvalue weighted by molar-refractivity contribution is 5.82. The van der Waals surface area contributed by atoms with Crippen LogP contribution >= 0.6 is 0 Å². The van der Waals surface area contributed by atoms with Gasteiger partial charge in [-0.3, -0.25) is 9.59 Å². The number of β-amino-alcohol motifs (C(OH)–C–C–N with tert-alkyl or cyclic N) is 1. The van der Waals surface area contributed by atoms with Crippen LogP contribution in [-0.4, -0.2) is 85.3 Å². The largest absolute Gasteiger partial charge is 0.392 e. The molecule has 2 amide bonds. The number of carbonyl (C=O) groups is 2. The topological polar surface area (TPSA) is 82.1 Å². The molecule has 7 nitrogen and oxygen atoms in total. The molecule has 0 radical (unpaired) electrons. The molecule has 0 aromatic carbocycles. The van der Waals surface area contributed by atoms with Crippen molar-refractivity contribution in [3.05, 3.63) is 0 Å². The number of carbonyl (C=O) groups excluding carboxylic acids is 2. The molecule has 3 aliphatic rings. The molecule has 0 saturated carbocycles. The van der Waals surface area contributed by atoms with Gasteiger partial charge in [0.1, 0.15) is 0 Å². The molecule has 24 heavy (non-hydrogen) atoms. The Morgan fingerprint density at radius 3 is 2.75 bits per heavy atom. The molecule has 2 N–H and O–H groups in total. The predicted molar refractivity (Wildman–Crippen MR) is 88.4 cm³/mol. The van der Waals surface area contributed by atoms with Crippen molar-refractivity contribution in [2.45, 2.75) is 44.2 Å². The van der Waals surface area contributed by atoms with E-state index in [4.69, 9.17) is 4.74 Å². The van der Waals surface area contributed by atoms with Gasteiger partial charge in [0.25, 0.3) is 0 Å². The van der Waals surface area contributed by atoms with Crippen molar-refractivity contribution in [1.29, 1.82) is 0 Å². The quantitative estimate of drug-likeness (QED) is 0.727. The molecule has 0 aliphatic carbocycles. The third-order valence-corrected chi connectivity index (χ3v) is 5.86. The van der Waals surface area contributed by atoms with E-state index in [0.29, 0.717) is 32.5 Å². The summed E-state index contributed by atoms with van der Waals surface area (Å²) in [5, 5.41) is 12.7. The molecule has 3 aliphatic heterocycles. The van der Waals surface area contributed by atoms with Gasteiger partial charge in [-0.2, -0.15) is 0 Å². The minimum atomic E-state index is -0.409. The Kier molecular flexibility index (Phi) is 5.42. The summed E-state index contributed by atoms with van der Waals surface area (Å²) in [5.74, 6) is 0.338. The van der Waals surface area contributed by atoms with E-state index < -0.39 is 6.10 Å². The zero-order valence-corrected chi connectivity index (χ0v) is 14.5. The highest BCUT2D eigenvalue weighted by Gasteiger charge is 2.42. The third kappa shape index (κ3) is 3.73. The molecule has 1 spiro atoms. The molecular formula is C17H29N3O4. The van der Waals surface area contributed by atoms with Gasteiger partial charge < -0.3 is 25.0 Å². The summed E-state index contributed by atoms with van der Waals surface area (Å²) in [5.41, 5.74) is 0.154. The highest BCUT2D eigenvalue weighted by Crippen LogP contribution is 2.40. The Morgan fingerprint density at radius 1 is 1.38 bits per heavy atom.